The van der Waals surface area contributed by atoms with Crippen LogP contribution in [0.25, 0.3) is 11.0 Å². The van der Waals surface area contributed by atoms with Gasteiger partial charge in [-0.1, -0.05) is 17.7 Å². The molecule has 9 heteroatoms. The molecule has 0 radical (unpaired) electrons. The summed E-state index contributed by atoms with van der Waals surface area (Å²) in [4.78, 5) is 11.9. The van der Waals surface area contributed by atoms with Crippen molar-refractivity contribution in [2.45, 2.75) is 26.4 Å². The molecule has 5 nitrogen and oxygen atoms in total. The molecule has 0 unspecified atom stereocenters. The van der Waals surface area contributed by atoms with Crippen LogP contribution in [-0.4, -0.2) is 19.7 Å². The molecule has 3 rings (SSSR count). The number of fused-ring (bicyclic) bond motifs is 1. The van der Waals surface area contributed by atoms with Crippen molar-refractivity contribution in [1.29, 1.82) is 0 Å². The van der Waals surface area contributed by atoms with Crippen molar-refractivity contribution in [3.05, 3.63) is 56.7 Å². The third-order valence-corrected chi connectivity index (χ3v) is 5.13. The van der Waals surface area contributed by atoms with Crippen molar-refractivity contribution in [3.63, 3.8) is 0 Å². The molecule has 0 aliphatic carbocycles. The molecule has 0 saturated carbocycles. The fourth-order valence-electron chi connectivity index (χ4n) is 2.98. The second-order valence-electron chi connectivity index (χ2n) is 6.25. The zero-order valence-electron chi connectivity index (χ0n) is 16.1. The van der Waals surface area contributed by atoms with Gasteiger partial charge >= 0.3 is 5.97 Å². The van der Waals surface area contributed by atoms with Gasteiger partial charge < -0.3 is 18.6 Å². The number of alkyl halides is 2. The zero-order valence-corrected chi connectivity index (χ0v) is 18.5. The van der Waals surface area contributed by atoms with E-state index in [0.29, 0.717) is 31.9 Å². The number of methoxy groups -OCH3 is 1. The lowest BCUT2D eigenvalue weighted by Crippen LogP contribution is -2.09. The molecule has 160 valence electrons. The van der Waals surface area contributed by atoms with E-state index in [2.05, 4.69) is 15.9 Å². The zero-order chi connectivity index (χ0) is 21.8. The summed E-state index contributed by atoms with van der Waals surface area (Å²) in [5, 5.41) is 0.779. The Balaban J connectivity index is 1.97. The van der Waals surface area contributed by atoms with Crippen LogP contribution in [0.3, 0.4) is 0 Å². The van der Waals surface area contributed by atoms with Crippen molar-refractivity contribution in [2.75, 3.05) is 13.7 Å². The first-order valence-corrected chi connectivity index (χ1v) is 10.1. The van der Waals surface area contributed by atoms with E-state index in [1.54, 1.807) is 37.3 Å². The van der Waals surface area contributed by atoms with E-state index in [-0.39, 0.29) is 30.8 Å². The predicted molar refractivity (Wildman–Crippen MR) is 112 cm³/mol. The third kappa shape index (κ3) is 4.87. The second-order valence-corrected chi connectivity index (χ2v) is 7.54. The van der Waals surface area contributed by atoms with E-state index >= 15 is 0 Å². The number of carbonyl (C=O) groups is 1. The summed E-state index contributed by atoms with van der Waals surface area (Å²) in [5.74, 6) is -0.110. The number of ether oxygens (including phenoxy) is 3. The van der Waals surface area contributed by atoms with Crippen LogP contribution in [0.2, 0.25) is 5.02 Å². The molecule has 1 heterocycles. The van der Waals surface area contributed by atoms with Crippen LogP contribution in [0, 0.1) is 0 Å². The van der Waals surface area contributed by atoms with Crippen molar-refractivity contribution in [3.8, 4) is 11.5 Å². The number of hydrogen-bond acceptors (Lipinski definition) is 5. The van der Waals surface area contributed by atoms with E-state index in [1.165, 1.54) is 7.11 Å². The quantitative estimate of drug-likeness (QED) is 0.329. The summed E-state index contributed by atoms with van der Waals surface area (Å²) >= 11 is 9.37. The van der Waals surface area contributed by atoms with Crippen LogP contribution in [0.1, 0.15) is 30.2 Å². The Morgan fingerprint density at radius 2 is 2.03 bits per heavy atom. The van der Waals surface area contributed by atoms with Gasteiger partial charge in [-0.3, -0.25) is 4.79 Å². The summed E-state index contributed by atoms with van der Waals surface area (Å²) in [5.41, 5.74) is 0.971. The number of rotatable bonds is 8. The first-order valence-electron chi connectivity index (χ1n) is 8.97. The van der Waals surface area contributed by atoms with E-state index < -0.39 is 18.2 Å². The monoisotopic (exact) mass is 502 g/mol. The van der Waals surface area contributed by atoms with Gasteiger partial charge in [0.05, 0.1) is 24.6 Å². The topological polar surface area (TPSA) is 57.9 Å². The van der Waals surface area contributed by atoms with E-state index in [1.807, 2.05) is 0 Å². The normalized spacial score (nSPS) is 11.2. The minimum atomic E-state index is -2.84. The Hall–Kier alpha value is -2.32. The maximum Gasteiger partial charge on any atom is 0.310 e. The van der Waals surface area contributed by atoms with Gasteiger partial charge in [-0.05, 0) is 41.1 Å². The molecule has 0 aliphatic rings. The molecule has 0 bridgehead atoms. The van der Waals surface area contributed by atoms with Crippen LogP contribution in [0.4, 0.5) is 8.78 Å². The molecule has 0 N–H and O–H groups in total. The Morgan fingerprint density at radius 3 is 2.70 bits per heavy atom. The molecular weight excluding hydrogens is 486 g/mol. The van der Waals surface area contributed by atoms with Crippen molar-refractivity contribution in [2.24, 2.45) is 0 Å². The fourth-order valence-corrected chi connectivity index (χ4v) is 3.87. The summed E-state index contributed by atoms with van der Waals surface area (Å²) in [6.07, 6.45) is -2.87. The first-order chi connectivity index (χ1) is 14.3. The van der Waals surface area contributed by atoms with Gasteiger partial charge in [-0.2, -0.15) is 0 Å². The highest BCUT2D eigenvalue weighted by Crippen LogP contribution is 2.39. The predicted octanol–water partition coefficient (Wildman–Crippen LogP) is 6.48. The lowest BCUT2D eigenvalue weighted by atomic mass is 10.1. The van der Waals surface area contributed by atoms with Gasteiger partial charge in [-0.15, -0.1) is 0 Å². The van der Waals surface area contributed by atoms with Crippen LogP contribution in [0.15, 0.2) is 39.2 Å². The lowest BCUT2D eigenvalue weighted by molar-refractivity contribution is -0.142. The maximum atomic E-state index is 13.6. The highest BCUT2D eigenvalue weighted by molar-refractivity contribution is 9.10. The molecule has 0 saturated heterocycles. The summed E-state index contributed by atoms with van der Waals surface area (Å²) < 4.78 is 49.1. The highest BCUT2D eigenvalue weighted by atomic mass is 79.9. The number of furan rings is 1. The molecule has 0 spiro atoms. The Kier molecular flexibility index (Phi) is 7.20. The van der Waals surface area contributed by atoms with Crippen molar-refractivity contribution >= 4 is 44.5 Å². The average molecular weight is 504 g/mol. The molecule has 3 aromatic rings. The Bertz CT molecular complexity index is 1070. The van der Waals surface area contributed by atoms with Crippen LogP contribution in [0.5, 0.6) is 11.5 Å². The second kappa shape index (κ2) is 9.66. The van der Waals surface area contributed by atoms with Gasteiger partial charge in [0, 0.05) is 27.6 Å². The fraction of sp³-hybridized carbons (Fsp3) is 0.286. The van der Waals surface area contributed by atoms with Gasteiger partial charge in [0.25, 0.3) is 6.43 Å². The molecule has 0 fully saturated rings. The third-order valence-electron chi connectivity index (χ3n) is 4.33. The van der Waals surface area contributed by atoms with Crippen LogP contribution < -0.4 is 9.47 Å². The minimum Gasteiger partial charge on any atom is -0.497 e. The Morgan fingerprint density at radius 1 is 1.27 bits per heavy atom. The number of hydrogen-bond donors (Lipinski definition) is 0. The summed E-state index contributed by atoms with van der Waals surface area (Å²) in [7, 11) is 1.49. The van der Waals surface area contributed by atoms with Crippen LogP contribution in [-0.2, 0) is 22.6 Å². The summed E-state index contributed by atoms with van der Waals surface area (Å²) in [6.45, 7) is 1.74. The van der Waals surface area contributed by atoms with Gasteiger partial charge in [0.15, 0.2) is 5.76 Å². The van der Waals surface area contributed by atoms with Crippen LogP contribution >= 0.6 is 27.5 Å². The largest absolute Gasteiger partial charge is 0.497 e. The minimum absolute atomic E-state index is 0.0294. The smallest absolute Gasteiger partial charge is 0.310 e. The molecule has 0 aliphatic heterocycles. The molecule has 0 amide bonds. The van der Waals surface area contributed by atoms with Gasteiger partial charge in [-0.25, -0.2) is 8.78 Å². The SMILES string of the molecule is CCOC(=O)Cc1ccc(OC)cc1OCc1c(C(F)F)oc2c(Br)cc(Cl)cc12. The van der Waals surface area contributed by atoms with Gasteiger partial charge in [0.2, 0.25) is 0 Å². The lowest BCUT2D eigenvalue weighted by Gasteiger charge is -2.13. The average Bonchev–Trinajstić information content (AvgIpc) is 3.06. The summed E-state index contributed by atoms with van der Waals surface area (Å²) in [6, 6.07) is 8.03. The van der Waals surface area contributed by atoms with Crippen molar-refractivity contribution in [1.82, 2.24) is 0 Å². The molecular formula is C21H18BrClF2O5. The van der Waals surface area contributed by atoms with E-state index in [4.69, 9.17) is 30.2 Å². The molecule has 30 heavy (non-hydrogen) atoms. The van der Waals surface area contributed by atoms with E-state index in [9.17, 15) is 13.6 Å². The van der Waals surface area contributed by atoms with Crippen molar-refractivity contribution < 1.29 is 32.2 Å². The number of carbonyl (C=O) groups excluding carboxylic acids is 1. The highest BCUT2D eigenvalue weighted by Gasteiger charge is 2.24. The number of esters is 1. The van der Waals surface area contributed by atoms with Gasteiger partial charge in [0.1, 0.15) is 23.7 Å². The number of benzene rings is 2. The number of halogens is 4. The standard InChI is InChI=1S/C21H18BrClF2O5/c1-3-28-18(26)6-11-4-5-13(27-2)9-17(11)29-10-15-14-7-12(23)8-16(22)19(14)30-20(15)21(24)25/h4-5,7-9,21H,3,6,10H2,1-2H3. The Labute approximate surface area is 185 Å². The first kappa shape index (κ1) is 22.4. The maximum absolute atomic E-state index is 13.6. The molecule has 2 aromatic carbocycles. The molecule has 0 atom stereocenters. The molecule has 1 aromatic heterocycles. The van der Waals surface area contributed by atoms with E-state index in [0.717, 1.165) is 0 Å².